The van der Waals surface area contributed by atoms with Crippen molar-refractivity contribution in [2.75, 3.05) is 26.3 Å². The molecule has 2 fully saturated rings. The van der Waals surface area contributed by atoms with Gasteiger partial charge in [0, 0.05) is 13.1 Å². The number of ether oxygens (including phenoxy) is 1. The zero-order chi connectivity index (χ0) is 14.0. The Morgan fingerprint density at radius 3 is 2.55 bits per heavy atom. The van der Waals surface area contributed by atoms with Gasteiger partial charge >= 0.3 is 0 Å². The Morgan fingerprint density at radius 1 is 1.20 bits per heavy atom. The largest absolute Gasteiger partial charge is 0.386 e. The molecule has 20 heavy (non-hydrogen) atoms. The van der Waals surface area contributed by atoms with E-state index in [1.807, 2.05) is 0 Å². The van der Waals surface area contributed by atoms with E-state index < -0.39 is 0 Å². The van der Waals surface area contributed by atoms with E-state index >= 15 is 0 Å². The highest BCUT2D eigenvalue weighted by Gasteiger charge is 2.46. The molecule has 0 bridgehead atoms. The summed E-state index contributed by atoms with van der Waals surface area (Å²) in [6.07, 6.45) is 4.26. The van der Waals surface area contributed by atoms with Gasteiger partial charge in [-0.2, -0.15) is 0 Å². The lowest BCUT2D eigenvalue weighted by Gasteiger charge is -2.46. The van der Waals surface area contributed by atoms with Crippen molar-refractivity contribution < 1.29 is 9.84 Å². The van der Waals surface area contributed by atoms with Crippen molar-refractivity contribution in [1.29, 1.82) is 0 Å². The molecule has 2 aliphatic rings. The molecule has 0 spiro atoms. The van der Waals surface area contributed by atoms with Gasteiger partial charge in [0.25, 0.3) is 0 Å². The summed E-state index contributed by atoms with van der Waals surface area (Å²) in [5, 5.41) is 11.1. The first-order valence-electron chi connectivity index (χ1n) is 7.80. The Hall–Kier alpha value is -0.900. The molecule has 1 aromatic rings. The molecule has 3 rings (SSSR count). The molecule has 1 saturated heterocycles. The fourth-order valence-corrected chi connectivity index (χ4v) is 3.91. The number of nitrogens with zero attached hydrogens (tertiary/aromatic N) is 1. The molecule has 1 aromatic carbocycles. The molecule has 0 amide bonds. The van der Waals surface area contributed by atoms with Crippen molar-refractivity contribution in [3.05, 3.63) is 35.4 Å². The second kappa shape index (κ2) is 5.84. The quantitative estimate of drug-likeness (QED) is 0.920. The van der Waals surface area contributed by atoms with Crippen molar-refractivity contribution in [1.82, 2.24) is 4.90 Å². The maximum atomic E-state index is 11.1. The lowest BCUT2D eigenvalue weighted by Crippen LogP contribution is -2.55. The van der Waals surface area contributed by atoms with Gasteiger partial charge in [-0.15, -0.1) is 0 Å². The van der Waals surface area contributed by atoms with E-state index in [-0.39, 0.29) is 11.6 Å². The molecule has 1 aliphatic heterocycles. The van der Waals surface area contributed by atoms with Crippen molar-refractivity contribution in [2.45, 2.75) is 44.2 Å². The number of aliphatic hydroxyl groups is 1. The number of hydrogen-bond acceptors (Lipinski definition) is 3. The SMILES string of the molecule is Cc1cccc(C(O)C2(N3CCOCC3)CCCC2)c1. The summed E-state index contributed by atoms with van der Waals surface area (Å²) in [6, 6.07) is 8.34. The highest BCUT2D eigenvalue weighted by atomic mass is 16.5. The number of morpholine rings is 1. The van der Waals surface area contributed by atoms with Gasteiger partial charge in [-0.1, -0.05) is 42.7 Å². The first-order valence-corrected chi connectivity index (χ1v) is 7.80. The predicted molar refractivity (Wildman–Crippen MR) is 79.7 cm³/mol. The third kappa shape index (κ3) is 2.50. The van der Waals surface area contributed by atoms with Gasteiger partial charge in [0.05, 0.1) is 24.9 Å². The topological polar surface area (TPSA) is 32.7 Å². The van der Waals surface area contributed by atoms with Gasteiger partial charge in [-0.05, 0) is 25.3 Å². The van der Waals surface area contributed by atoms with Crippen molar-refractivity contribution in [3.63, 3.8) is 0 Å². The van der Waals surface area contributed by atoms with Crippen LogP contribution in [-0.2, 0) is 4.74 Å². The maximum Gasteiger partial charge on any atom is 0.0973 e. The Bertz CT molecular complexity index is 448. The van der Waals surface area contributed by atoms with Crippen LogP contribution in [0.4, 0.5) is 0 Å². The highest BCUT2D eigenvalue weighted by molar-refractivity contribution is 5.27. The molecule has 3 nitrogen and oxygen atoms in total. The van der Waals surface area contributed by atoms with E-state index in [9.17, 15) is 5.11 Å². The van der Waals surface area contributed by atoms with Crippen molar-refractivity contribution >= 4 is 0 Å². The summed E-state index contributed by atoms with van der Waals surface area (Å²) in [4.78, 5) is 2.48. The number of rotatable bonds is 3. The van der Waals surface area contributed by atoms with Crippen LogP contribution in [0.3, 0.4) is 0 Å². The summed E-state index contributed by atoms with van der Waals surface area (Å²) < 4.78 is 5.49. The van der Waals surface area contributed by atoms with E-state index in [0.29, 0.717) is 0 Å². The summed E-state index contributed by atoms with van der Waals surface area (Å²) in [5.74, 6) is 0. The molecule has 1 aliphatic carbocycles. The van der Waals surface area contributed by atoms with Crippen LogP contribution >= 0.6 is 0 Å². The van der Waals surface area contributed by atoms with Gasteiger partial charge in [0.15, 0.2) is 0 Å². The summed E-state index contributed by atoms with van der Waals surface area (Å²) in [7, 11) is 0. The lowest BCUT2D eigenvalue weighted by molar-refractivity contribution is -0.0774. The average Bonchev–Trinajstić information content (AvgIpc) is 2.98. The van der Waals surface area contributed by atoms with E-state index in [1.165, 1.54) is 18.4 Å². The minimum atomic E-state index is -0.386. The molecule has 0 radical (unpaired) electrons. The fourth-order valence-electron chi connectivity index (χ4n) is 3.91. The van der Waals surface area contributed by atoms with Crippen LogP contribution in [0.5, 0.6) is 0 Å². The van der Waals surface area contributed by atoms with Gasteiger partial charge in [0.2, 0.25) is 0 Å². The summed E-state index contributed by atoms with van der Waals surface area (Å²) in [5.41, 5.74) is 2.22. The minimum Gasteiger partial charge on any atom is -0.386 e. The van der Waals surface area contributed by atoms with E-state index in [1.54, 1.807) is 0 Å². The van der Waals surface area contributed by atoms with Crippen LogP contribution in [0.2, 0.25) is 0 Å². The second-order valence-corrected chi connectivity index (χ2v) is 6.23. The first-order chi connectivity index (χ1) is 9.72. The van der Waals surface area contributed by atoms with E-state index in [2.05, 4.69) is 36.1 Å². The zero-order valence-corrected chi connectivity index (χ0v) is 12.3. The molecule has 1 saturated carbocycles. The molecule has 110 valence electrons. The highest BCUT2D eigenvalue weighted by Crippen LogP contribution is 2.44. The van der Waals surface area contributed by atoms with Crippen LogP contribution in [0.1, 0.15) is 42.9 Å². The van der Waals surface area contributed by atoms with Crippen LogP contribution in [0, 0.1) is 6.92 Å². The third-order valence-electron chi connectivity index (χ3n) is 4.98. The average molecular weight is 275 g/mol. The zero-order valence-electron chi connectivity index (χ0n) is 12.3. The van der Waals surface area contributed by atoms with E-state index in [0.717, 1.165) is 44.7 Å². The monoisotopic (exact) mass is 275 g/mol. The Morgan fingerprint density at radius 2 is 1.90 bits per heavy atom. The molecular weight excluding hydrogens is 250 g/mol. The number of benzene rings is 1. The Balaban J connectivity index is 1.89. The maximum absolute atomic E-state index is 11.1. The number of aliphatic hydroxyl groups excluding tert-OH is 1. The molecule has 1 heterocycles. The smallest absolute Gasteiger partial charge is 0.0973 e. The van der Waals surface area contributed by atoms with Crippen LogP contribution in [0.15, 0.2) is 24.3 Å². The Kier molecular flexibility index (Phi) is 4.11. The predicted octanol–water partition coefficient (Wildman–Crippen LogP) is 2.67. The molecule has 0 aromatic heterocycles. The number of hydrogen-bond donors (Lipinski definition) is 1. The lowest BCUT2D eigenvalue weighted by atomic mass is 9.83. The molecule has 1 atom stereocenters. The standard InChI is InChI=1S/C17H25NO2/c1-14-5-4-6-15(13-14)16(19)17(7-2-3-8-17)18-9-11-20-12-10-18/h4-6,13,16,19H,2-3,7-12H2,1H3. The minimum absolute atomic E-state index is 0.0719. The first kappa shape index (κ1) is 14.1. The fraction of sp³-hybridized carbons (Fsp3) is 0.647. The molecular formula is C17H25NO2. The van der Waals surface area contributed by atoms with Gasteiger partial charge in [-0.25, -0.2) is 0 Å². The second-order valence-electron chi connectivity index (χ2n) is 6.23. The number of aryl methyl sites for hydroxylation is 1. The van der Waals surface area contributed by atoms with Gasteiger partial charge < -0.3 is 9.84 Å². The third-order valence-corrected chi connectivity index (χ3v) is 4.98. The summed E-state index contributed by atoms with van der Waals surface area (Å²) in [6.45, 7) is 5.57. The normalized spacial score (nSPS) is 24.7. The summed E-state index contributed by atoms with van der Waals surface area (Å²) >= 11 is 0. The Labute approximate surface area is 121 Å². The van der Waals surface area contributed by atoms with Crippen LogP contribution in [0.25, 0.3) is 0 Å². The van der Waals surface area contributed by atoms with Crippen LogP contribution in [-0.4, -0.2) is 41.8 Å². The van der Waals surface area contributed by atoms with Crippen molar-refractivity contribution in [2.24, 2.45) is 0 Å². The molecule has 3 heteroatoms. The molecule has 1 N–H and O–H groups in total. The van der Waals surface area contributed by atoms with E-state index in [4.69, 9.17) is 4.74 Å². The van der Waals surface area contributed by atoms with Crippen LogP contribution < -0.4 is 0 Å². The van der Waals surface area contributed by atoms with Crippen molar-refractivity contribution in [3.8, 4) is 0 Å². The van der Waals surface area contributed by atoms with Gasteiger partial charge in [0.1, 0.15) is 0 Å². The molecule has 1 unspecified atom stereocenters. The van der Waals surface area contributed by atoms with Gasteiger partial charge in [-0.3, -0.25) is 4.90 Å².